The lowest BCUT2D eigenvalue weighted by atomic mass is 10.00. The first-order chi connectivity index (χ1) is 9.33. The molecule has 98 valence electrons. The molecule has 0 saturated heterocycles. The Kier molecular flexibility index (Phi) is 4.87. The second-order valence-corrected chi connectivity index (χ2v) is 4.66. The van der Waals surface area contributed by atoms with Crippen LogP contribution in [0.1, 0.15) is 12.0 Å². The molecule has 2 rings (SSSR count). The molecule has 2 aromatic rings. The molecule has 19 heavy (non-hydrogen) atoms. The molecule has 0 aliphatic carbocycles. The highest BCUT2D eigenvalue weighted by Gasteiger charge is 2.06. The lowest BCUT2D eigenvalue weighted by Crippen LogP contribution is -2.27. The number of nitrogens with one attached hydrogen (secondary N) is 1. The Hall–Kier alpha value is -1.93. The number of hydrogen-bond acceptors (Lipinski definition) is 2. The minimum Gasteiger partial charge on any atom is -0.316 e. The largest absolute Gasteiger partial charge is 0.316 e. The van der Waals surface area contributed by atoms with Gasteiger partial charge in [-0.3, -0.25) is 0 Å². The molecule has 0 aliphatic heterocycles. The molecule has 0 aromatic heterocycles. The molecule has 2 nitrogen and oxygen atoms in total. The van der Waals surface area contributed by atoms with Crippen molar-refractivity contribution in [2.24, 2.45) is 0 Å². The molecule has 0 bridgehead atoms. The summed E-state index contributed by atoms with van der Waals surface area (Å²) in [5.74, 6) is 0. The van der Waals surface area contributed by atoms with Gasteiger partial charge in [-0.1, -0.05) is 54.6 Å². The highest BCUT2D eigenvalue weighted by Crippen LogP contribution is 2.19. The van der Waals surface area contributed by atoms with E-state index in [1.54, 1.807) is 0 Å². The van der Waals surface area contributed by atoms with E-state index in [0.29, 0.717) is 6.42 Å². The maximum Gasteiger partial charge on any atom is 0.121 e. The first-order valence-corrected chi connectivity index (χ1v) is 6.58. The first-order valence-electron chi connectivity index (χ1n) is 6.58. The van der Waals surface area contributed by atoms with Crippen LogP contribution in [-0.4, -0.2) is 19.4 Å². The number of aldehydes is 1. The van der Waals surface area contributed by atoms with E-state index in [-0.39, 0.29) is 6.04 Å². The fourth-order valence-corrected chi connectivity index (χ4v) is 2.17. The Morgan fingerprint density at radius 2 is 1.63 bits per heavy atom. The Bertz CT molecular complexity index is 505. The van der Waals surface area contributed by atoms with E-state index >= 15 is 0 Å². The summed E-state index contributed by atoms with van der Waals surface area (Å²) in [6.07, 6.45) is 2.40. The lowest BCUT2D eigenvalue weighted by Gasteiger charge is -2.13. The second-order valence-electron chi connectivity index (χ2n) is 4.66. The molecule has 0 saturated carbocycles. The smallest absolute Gasteiger partial charge is 0.121 e. The topological polar surface area (TPSA) is 29.1 Å². The summed E-state index contributed by atoms with van der Waals surface area (Å²) in [6.45, 7) is 0. The van der Waals surface area contributed by atoms with E-state index in [9.17, 15) is 4.79 Å². The van der Waals surface area contributed by atoms with Crippen LogP contribution in [0.4, 0.5) is 0 Å². The van der Waals surface area contributed by atoms with Gasteiger partial charge in [0.05, 0.1) is 0 Å². The van der Waals surface area contributed by atoms with Crippen molar-refractivity contribution < 1.29 is 4.79 Å². The molecule has 0 unspecified atom stereocenters. The van der Waals surface area contributed by atoms with Crippen molar-refractivity contribution >= 4 is 6.29 Å². The monoisotopic (exact) mass is 253 g/mol. The fourth-order valence-electron chi connectivity index (χ4n) is 2.17. The third kappa shape index (κ3) is 3.76. The third-order valence-electron chi connectivity index (χ3n) is 3.33. The van der Waals surface area contributed by atoms with Crippen molar-refractivity contribution in [2.75, 3.05) is 7.05 Å². The zero-order valence-corrected chi connectivity index (χ0v) is 11.2. The summed E-state index contributed by atoms with van der Waals surface area (Å²) >= 11 is 0. The summed E-state index contributed by atoms with van der Waals surface area (Å²) in [5, 5.41) is 3.17. The van der Waals surface area contributed by atoms with Gasteiger partial charge in [0.2, 0.25) is 0 Å². The van der Waals surface area contributed by atoms with Gasteiger partial charge in [0.15, 0.2) is 0 Å². The van der Waals surface area contributed by atoms with Gasteiger partial charge in [0, 0.05) is 12.5 Å². The Balaban J connectivity index is 2.08. The molecule has 0 amide bonds. The van der Waals surface area contributed by atoms with Crippen LogP contribution in [-0.2, 0) is 11.2 Å². The summed E-state index contributed by atoms with van der Waals surface area (Å²) in [7, 11) is 1.90. The molecule has 1 atom stereocenters. The zero-order valence-electron chi connectivity index (χ0n) is 11.2. The van der Waals surface area contributed by atoms with Gasteiger partial charge in [0.25, 0.3) is 0 Å². The van der Waals surface area contributed by atoms with Crippen molar-refractivity contribution in [1.29, 1.82) is 0 Å². The molecule has 0 spiro atoms. The van der Waals surface area contributed by atoms with Gasteiger partial charge in [-0.25, -0.2) is 0 Å². The molecular formula is C17H19NO. The van der Waals surface area contributed by atoms with Crippen LogP contribution in [0.2, 0.25) is 0 Å². The van der Waals surface area contributed by atoms with Gasteiger partial charge in [0.1, 0.15) is 6.29 Å². The number of rotatable bonds is 6. The lowest BCUT2D eigenvalue weighted by molar-refractivity contribution is -0.108. The van der Waals surface area contributed by atoms with Crippen molar-refractivity contribution in [3.8, 4) is 11.1 Å². The summed E-state index contributed by atoms with van der Waals surface area (Å²) < 4.78 is 0. The average Bonchev–Trinajstić information content (AvgIpc) is 2.48. The van der Waals surface area contributed by atoms with Crippen LogP contribution in [0, 0.1) is 0 Å². The van der Waals surface area contributed by atoms with Crippen LogP contribution in [0.5, 0.6) is 0 Å². The molecule has 0 fully saturated rings. The van der Waals surface area contributed by atoms with Gasteiger partial charge < -0.3 is 10.1 Å². The standard InChI is InChI=1S/C17H19NO/c1-18-17(11-12-19)13-14-7-9-16(10-8-14)15-5-3-2-4-6-15/h2-10,12,17-18H,11,13H2,1H3/t17-/m1/s1. The second kappa shape index (κ2) is 6.86. The van der Waals surface area contributed by atoms with Crippen LogP contribution in [0.15, 0.2) is 54.6 Å². The molecule has 0 aliphatic rings. The minimum atomic E-state index is 0.222. The number of carbonyl (C=O) groups excluding carboxylic acids is 1. The number of benzene rings is 2. The third-order valence-corrected chi connectivity index (χ3v) is 3.33. The summed E-state index contributed by atoms with van der Waals surface area (Å²) in [6, 6.07) is 19.1. The van der Waals surface area contributed by atoms with Crippen molar-refractivity contribution in [1.82, 2.24) is 5.32 Å². The highest BCUT2D eigenvalue weighted by atomic mass is 16.1. The van der Waals surface area contributed by atoms with Crippen molar-refractivity contribution in [3.05, 3.63) is 60.2 Å². The molecule has 1 N–H and O–H groups in total. The van der Waals surface area contributed by atoms with E-state index in [2.05, 4.69) is 41.7 Å². The van der Waals surface area contributed by atoms with Crippen LogP contribution in [0.3, 0.4) is 0 Å². The highest BCUT2D eigenvalue weighted by molar-refractivity contribution is 5.63. The summed E-state index contributed by atoms with van der Waals surface area (Å²) in [5.41, 5.74) is 3.70. The molecule has 2 heteroatoms. The van der Waals surface area contributed by atoms with E-state index < -0.39 is 0 Å². The van der Waals surface area contributed by atoms with E-state index in [4.69, 9.17) is 0 Å². The van der Waals surface area contributed by atoms with Gasteiger partial charge >= 0.3 is 0 Å². The maximum absolute atomic E-state index is 10.6. The molecule has 0 radical (unpaired) electrons. The van der Waals surface area contributed by atoms with Crippen LogP contribution in [0.25, 0.3) is 11.1 Å². The normalized spacial score (nSPS) is 12.1. The Labute approximate surface area is 114 Å². The number of carbonyl (C=O) groups is 1. The average molecular weight is 253 g/mol. The molecular weight excluding hydrogens is 234 g/mol. The number of likely N-dealkylation sites (N-methyl/N-ethyl adjacent to an activating group) is 1. The Morgan fingerprint density at radius 3 is 2.21 bits per heavy atom. The van der Waals surface area contributed by atoms with Gasteiger partial charge in [-0.05, 0) is 30.2 Å². The fraction of sp³-hybridized carbons (Fsp3) is 0.235. The van der Waals surface area contributed by atoms with E-state index in [0.717, 1.165) is 12.7 Å². The van der Waals surface area contributed by atoms with Crippen LogP contribution >= 0.6 is 0 Å². The zero-order chi connectivity index (χ0) is 13.5. The van der Waals surface area contributed by atoms with Crippen LogP contribution < -0.4 is 5.32 Å². The Morgan fingerprint density at radius 1 is 1.00 bits per heavy atom. The van der Waals surface area contributed by atoms with Crippen molar-refractivity contribution in [3.63, 3.8) is 0 Å². The summed E-state index contributed by atoms with van der Waals surface area (Å²) in [4.78, 5) is 10.6. The maximum atomic E-state index is 10.6. The predicted molar refractivity (Wildman–Crippen MR) is 79.1 cm³/mol. The van der Waals surface area contributed by atoms with Gasteiger partial charge in [-0.2, -0.15) is 0 Å². The molecule has 0 heterocycles. The van der Waals surface area contributed by atoms with Gasteiger partial charge in [-0.15, -0.1) is 0 Å². The van der Waals surface area contributed by atoms with E-state index in [1.807, 2.05) is 25.2 Å². The van der Waals surface area contributed by atoms with E-state index in [1.165, 1.54) is 16.7 Å². The van der Waals surface area contributed by atoms with Crippen molar-refractivity contribution in [2.45, 2.75) is 18.9 Å². The first kappa shape index (κ1) is 13.5. The predicted octanol–water partition coefficient (Wildman–Crippen LogP) is 3.07. The SMILES string of the molecule is CN[C@H](CC=O)Cc1ccc(-c2ccccc2)cc1. The minimum absolute atomic E-state index is 0.222. The molecule has 2 aromatic carbocycles. The quantitative estimate of drug-likeness (QED) is 0.802. The number of hydrogen-bond donors (Lipinski definition) is 1.